The molecular formula is C13H20N2O3S. The van der Waals surface area contributed by atoms with E-state index in [4.69, 9.17) is 4.74 Å². The number of hydrogen-bond donors (Lipinski definition) is 1. The highest BCUT2D eigenvalue weighted by Crippen LogP contribution is 2.21. The third-order valence-corrected chi connectivity index (χ3v) is 3.11. The second kappa shape index (κ2) is 6.06. The molecule has 1 unspecified atom stereocenters. The number of alkyl carbamates (subject to hydrolysis) is 1. The molecule has 0 aromatic carbocycles. The Morgan fingerprint density at radius 3 is 2.42 bits per heavy atom. The molecule has 0 aliphatic heterocycles. The van der Waals surface area contributed by atoms with Crippen molar-refractivity contribution in [3.05, 3.63) is 22.4 Å². The third kappa shape index (κ3) is 4.90. The van der Waals surface area contributed by atoms with E-state index in [1.807, 2.05) is 17.5 Å². The SMILES string of the molecule is CN(C)C(=O)C(NC(=O)OC(C)(C)C)c1cccs1. The van der Waals surface area contributed by atoms with Crippen molar-refractivity contribution >= 4 is 23.3 Å². The van der Waals surface area contributed by atoms with Gasteiger partial charge in [-0.05, 0) is 32.2 Å². The molecular weight excluding hydrogens is 264 g/mol. The van der Waals surface area contributed by atoms with Crippen LogP contribution in [0.5, 0.6) is 0 Å². The van der Waals surface area contributed by atoms with Crippen LogP contribution < -0.4 is 5.32 Å². The summed E-state index contributed by atoms with van der Waals surface area (Å²) in [5.41, 5.74) is -0.592. The van der Waals surface area contributed by atoms with Crippen LogP contribution in [0.2, 0.25) is 0 Å². The Kier molecular flexibility index (Phi) is 4.94. The zero-order valence-electron chi connectivity index (χ0n) is 11.9. The molecule has 5 nitrogen and oxygen atoms in total. The quantitative estimate of drug-likeness (QED) is 0.927. The van der Waals surface area contributed by atoms with Gasteiger partial charge in [-0.1, -0.05) is 6.07 Å². The second-order valence-electron chi connectivity index (χ2n) is 5.33. The van der Waals surface area contributed by atoms with E-state index in [0.29, 0.717) is 0 Å². The van der Waals surface area contributed by atoms with Gasteiger partial charge in [0.2, 0.25) is 5.91 Å². The molecule has 0 spiro atoms. The van der Waals surface area contributed by atoms with Crippen molar-refractivity contribution in [3.63, 3.8) is 0 Å². The van der Waals surface area contributed by atoms with Crippen molar-refractivity contribution < 1.29 is 14.3 Å². The van der Waals surface area contributed by atoms with Crippen LogP contribution in [0.25, 0.3) is 0 Å². The van der Waals surface area contributed by atoms with E-state index in [9.17, 15) is 9.59 Å². The van der Waals surface area contributed by atoms with E-state index in [0.717, 1.165) is 4.88 Å². The summed E-state index contributed by atoms with van der Waals surface area (Å²) in [5.74, 6) is -0.187. The lowest BCUT2D eigenvalue weighted by Crippen LogP contribution is -2.41. The third-order valence-electron chi connectivity index (χ3n) is 2.18. The Balaban J connectivity index is 2.82. The maximum absolute atomic E-state index is 12.1. The molecule has 0 fully saturated rings. The summed E-state index contributed by atoms with van der Waals surface area (Å²) in [6.45, 7) is 5.33. The summed E-state index contributed by atoms with van der Waals surface area (Å²) in [7, 11) is 3.30. The van der Waals surface area contributed by atoms with Crippen LogP contribution in [0, 0.1) is 0 Å². The first kappa shape index (κ1) is 15.5. The van der Waals surface area contributed by atoms with Gasteiger partial charge in [0.05, 0.1) is 0 Å². The second-order valence-corrected chi connectivity index (χ2v) is 6.31. The first-order chi connectivity index (χ1) is 8.70. The molecule has 1 heterocycles. The van der Waals surface area contributed by atoms with Crippen LogP contribution in [0.3, 0.4) is 0 Å². The largest absolute Gasteiger partial charge is 0.444 e. The van der Waals surface area contributed by atoms with Crippen LogP contribution in [-0.2, 0) is 9.53 Å². The highest BCUT2D eigenvalue weighted by atomic mass is 32.1. The Morgan fingerprint density at radius 2 is 2.00 bits per heavy atom. The minimum atomic E-state index is -0.704. The molecule has 1 aromatic heterocycles. The highest BCUT2D eigenvalue weighted by molar-refractivity contribution is 7.10. The summed E-state index contributed by atoms with van der Waals surface area (Å²) in [5, 5.41) is 4.48. The van der Waals surface area contributed by atoms with Crippen LogP contribution >= 0.6 is 11.3 Å². The standard InChI is InChI=1S/C13H20N2O3S/c1-13(2,3)18-12(17)14-10(11(16)15(4)5)9-7-6-8-19-9/h6-8,10H,1-5H3,(H,14,17). The molecule has 0 bridgehead atoms. The Hall–Kier alpha value is -1.56. The van der Waals surface area contributed by atoms with Gasteiger partial charge in [-0.25, -0.2) is 4.79 Å². The van der Waals surface area contributed by atoms with Crippen molar-refractivity contribution in [2.75, 3.05) is 14.1 Å². The molecule has 0 saturated heterocycles. The van der Waals surface area contributed by atoms with Gasteiger partial charge in [-0.2, -0.15) is 0 Å². The van der Waals surface area contributed by atoms with Gasteiger partial charge in [-0.15, -0.1) is 11.3 Å². The Labute approximate surface area is 117 Å². The number of thiophene rings is 1. The lowest BCUT2D eigenvalue weighted by atomic mass is 10.2. The molecule has 1 aromatic rings. The van der Waals surface area contributed by atoms with E-state index < -0.39 is 17.7 Å². The van der Waals surface area contributed by atoms with Crippen molar-refractivity contribution in [1.82, 2.24) is 10.2 Å². The number of rotatable bonds is 3. The summed E-state index contributed by atoms with van der Waals surface area (Å²) in [6, 6.07) is 2.95. The predicted octanol–water partition coefficient (Wildman–Crippen LogP) is 2.40. The van der Waals surface area contributed by atoms with Crippen molar-refractivity contribution in [1.29, 1.82) is 0 Å². The number of carbonyl (C=O) groups excluding carboxylic acids is 2. The summed E-state index contributed by atoms with van der Waals surface area (Å²) >= 11 is 1.42. The number of hydrogen-bond acceptors (Lipinski definition) is 4. The van der Waals surface area contributed by atoms with Crippen LogP contribution in [0.4, 0.5) is 4.79 Å². The van der Waals surface area contributed by atoms with Gasteiger partial charge < -0.3 is 15.0 Å². The average Bonchev–Trinajstić information content (AvgIpc) is 2.75. The zero-order chi connectivity index (χ0) is 14.6. The Bertz CT molecular complexity index is 435. The van der Waals surface area contributed by atoms with E-state index in [1.165, 1.54) is 16.2 Å². The van der Waals surface area contributed by atoms with E-state index >= 15 is 0 Å². The minimum absolute atomic E-state index is 0.187. The summed E-state index contributed by atoms with van der Waals surface area (Å²) in [4.78, 5) is 26.1. The van der Waals surface area contributed by atoms with Crippen LogP contribution in [-0.4, -0.2) is 36.6 Å². The molecule has 0 aliphatic rings. The Morgan fingerprint density at radius 1 is 1.37 bits per heavy atom. The van der Waals surface area contributed by atoms with E-state index in [1.54, 1.807) is 34.9 Å². The zero-order valence-corrected chi connectivity index (χ0v) is 12.7. The molecule has 6 heteroatoms. The van der Waals surface area contributed by atoms with Crippen molar-refractivity contribution in [2.45, 2.75) is 32.4 Å². The minimum Gasteiger partial charge on any atom is -0.444 e. The lowest BCUT2D eigenvalue weighted by Gasteiger charge is -2.24. The maximum atomic E-state index is 12.1. The normalized spacial score (nSPS) is 12.7. The number of likely N-dealkylation sites (N-methyl/N-ethyl adjacent to an activating group) is 1. The first-order valence-electron chi connectivity index (χ1n) is 5.95. The summed E-state index contributed by atoms with van der Waals surface area (Å²) in [6.07, 6.45) is -0.596. The number of nitrogens with zero attached hydrogens (tertiary/aromatic N) is 1. The highest BCUT2D eigenvalue weighted by Gasteiger charge is 2.27. The summed E-state index contributed by atoms with van der Waals surface area (Å²) < 4.78 is 5.18. The molecule has 106 valence electrons. The number of nitrogens with one attached hydrogen (secondary N) is 1. The molecule has 2 amide bonds. The first-order valence-corrected chi connectivity index (χ1v) is 6.83. The predicted molar refractivity (Wildman–Crippen MR) is 75.1 cm³/mol. The lowest BCUT2D eigenvalue weighted by molar-refractivity contribution is -0.131. The number of ether oxygens (including phenoxy) is 1. The van der Waals surface area contributed by atoms with Crippen LogP contribution in [0.15, 0.2) is 17.5 Å². The number of carbonyl (C=O) groups is 2. The molecule has 1 N–H and O–H groups in total. The van der Waals surface area contributed by atoms with Gasteiger partial charge in [0, 0.05) is 19.0 Å². The fraction of sp³-hybridized carbons (Fsp3) is 0.538. The van der Waals surface area contributed by atoms with Gasteiger partial charge in [-0.3, -0.25) is 4.79 Å². The smallest absolute Gasteiger partial charge is 0.408 e. The molecule has 0 radical (unpaired) electrons. The van der Waals surface area contributed by atoms with Gasteiger partial charge in [0.25, 0.3) is 0 Å². The van der Waals surface area contributed by atoms with Crippen molar-refractivity contribution in [3.8, 4) is 0 Å². The fourth-order valence-corrected chi connectivity index (χ4v) is 2.16. The van der Waals surface area contributed by atoms with E-state index in [2.05, 4.69) is 5.32 Å². The molecule has 1 atom stereocenters. The van der Waals surface area contributed by atoms with Crippen LogP contribution in [0.1, 0.15) is 31.7 Å². The molecule has 1 rings (SSSR count). The monoisotopic (exact) mass is 284 g/mol. The average molecular weight is 284 g/mol. The fourth-order valence-electron chi connectivity index (χ4n) is 1.39. The maximum Gasteiger partial charge on any atom is 0.408 e. The van der Waals surface area contributed by atoms with Gasteiger partial charge in [0.15, 0.2) is 0 Å². The topological polar surface area (TPSA) is 58.6 Å². The molecule has 0 aliphatic carbocycles. The number of amides is 2. The van der Waals surface area contributed by atoms with Crippen molar-refractivity contribution in [2.24, 2.45) is 0 Å². The molecule has 0 saturated carbocycles. The molecule has 19 heavy (non-hydrogen) atoms. The van der Waals surface area contributed by atoms with Gasteiger partial charge >= 0.3 is 6.09 Å². The van der Waals surface area contributed by atoms with E-state index in [-0.39, 0.29) is 5.91 Å². The van der Waals surface area contributed by atoms with Gasteiger partial charge in [0.1, 0.15) is 11.6 Å².